The molecule has 5 rings (SSSR count). The van der Waals surface area contributed by atoms with Gasteiger partial charge in [0, 0.05) is 20.1 Å². The highest BCUT2D eigenvalue weighted by Crippen LogP contribution is 2.27. The smallest absolute Gasteiger partial charge is 0.151 e. The molecular weight excluding hydrogens is 324 g/mol. The number of hydrogen-bond donors (Lipinski definition) is 0. The second-order valence-electron chi connectivity index (χ2n) is 7.27. The molecule has 132 valence electrons. The van der Waals surface area contributed by atoms with Crippen molar-refractivity contribution in [3.05, 3.63) is 47.8 Å². The molecule has 2 aromatic heterocycles. The minimum atomic E-state index is 0.420. The van der Waals surface area contributed by atoms with Crippen LogP contribution in [0.15, 0.2) is 36.5 Å². The van der Waals surface area contributed by atoms with Crippen LogP contribution in [-0.2, 0) is 12.8 Å². The fourth-order valence-corrected chi connectivity index (χ4v) is 3.83. The Bertz CT molecular complexity index is 950. The Hall–Kier alpha value is -2.76. The lowest BCUT2D eigenvalue weighted by atomic mass is 9.96. The molecule has 6 nitrogen and oxygen atoms in total. The number of fused-ring (bicyclic) bond motifs is 2. The lowest BCUT2D eigenvalue weighted by Crippen LogP contribution is -2.59. The van der Waals surface area contributed by atoms with Gasteiger partial charge in [-0.25, -0.2) is 4.98 Å². The summed E-state index contributed by atoms with van der Waals surface area (Å²) in [5.74, 6) is 1.93. The van der Waals surface area contributed by atoms with Crippen LogP contribution >= 0.6 is 0 Å². The van der Waals surface area contributed by atoms with Crippen molar-refractivity contribution in [1.82, 2.24) is 20.2 Å². The Labute approximate surface area is 152 Å². The first-order valence-corrected chi connectivity index (χ1v) is 9.33. The van der Waals surface area contributed by atoms with Crippen LogP contribution in [0.5, 0.6) is 0 Å². The molecule has 2 aliphatic rings. The first-order valence-electron chi connectivity index (χ1n) is 9.33. The molecule has 0 saturated carbocycles. The van der Waals surface area contributed by atoms with Crippen molar-refractivity contribution < 1.29 is 0 Å². The van der Waals surface area contributed by atoms with Gasteiger partial charge in [-0.1, -0.05) is 12.1 Å². The van der Waals surface area contributed by atoms with Gasteiger partial charge in [-0.3, -0.25) is 4.98 Å². The largest absolute Gasteiger partial charge is 0.352 e. The molecule has 0 N–H and O–H groups in total. The molecule has 1 aromatic carbocycles. The van der Waals surface area contributed by atoms with E-state index in [2.05, 4.69) is 38.1 Å². The Kier molecular flexibility index (Phi) is 3.69. The Balaban J connectivity index is 1.29. The molecule has 0 amide bonds. The maximum absolute atomic E-state index is 4.75. The van der Waals surface area contributed by atoms with Crippen molar-refractivity contribution in [3.8, 4) is 0 Å². The minimum absolute atomic E-state index is 0.420. The number of rotatable bonds is 3. The van der Waals surface area contributed by atoms with Gasteiger partial charge in [-0.2, -0.15) is 5.10 Å². The van der Waals surface area contributed by atoms with E-state index >= 15 is 0 Å². The predicted octanol–water partition coefficient (Wildman–Crippen LogP) is 2.62. The third kappa shape index (κ3) is 2.66. The molecule has 0 atom stereocenters. The number of hydrogen-bond acceptors (Lipinski definition) is 6. The van der Waals surface area contributed by atoms with Crippen molar-refractivity contribution in [2.45, 2.75) is 31.7 Å². The Morgan fingerprint density at radius 3 is 2.73 bits per heavy atom. The van der Waals surface area contributed by atoms with Gasteiger partial charge in [0.1, 0.15) is 5.82 Å². The van der Waals surface area contributed by atoms with Gasteiger partial charge < -0.3 is 9.80 Å². The van der Waals surface area contributed by atoms with E-state index < -0.39 is 0 Å². The van der Waals surface area contributed by atoms with E-state index in [1.165, 1.54) is 24.1 Å². The van der Waals surface area contributed by atoms with Gasteiger partial charge in [0.05, 0.1) is 29.0 Å². The topological polar surface area (TPSA) is 58.0 Å². The number of aromatic nitrogens is 4. The number of para-hydroxylation sites is 2. The number of nitrogens with zero attached hydrogens (tertiary/aromatic N) is 6. The van der Waals surface area contributed by atoms with E-state index in [0.717, 1.165) is 48.6 Å². The summed E-state index contributed by atoms with van der Waals surface area (Å²) in [6.07, 6.45) is 6.59. The summed E-state index contributed by atoms with van der Waals surface area (Å²) in [5.41, 5.74) is 4.46. The second-order valence-corrected chi connectivity index (χ2v) is 7.27. The van der Waals surface area contributed by atoms with Crippen molar-refractivity contribution >= 4 is 22.7 Å². The maximum atomic E-state index is 4.75. The minimum Gasteiger partial charge on any atom is -0.352 e. The Morgan fingerprint density at radius 1 is 1.04 bits per heavy atom. The second kappa shape index (κ2) is 6.20. The SMILES string of the molecule is CN(c1cnc2ccccc2n1)C1CN(c2cc3c(nn2)CCCC3)C1. The van der Waals surface area contributed by atoms with Crippen LogP contribution in [0.1, 0.15) is 24.1 Å². The fraction of sp³-hybridized carbons (Fsp3) is 0.400. The molecule has 0 unspecified atom stereocenters. The van der Waals surface area contributed by atoms with Crippen LogP contribution in [0.25, 0.3) is 11.0 Å². The average molecular weight is 346 g/mol. The number of anilines is 2. The Morgan fingerprint density at radius 2 is 1.85 bits per heavy atom. The van der Waals surface area contributed by atoms with E-state index in [0.29, 0.717) is 6.04 Å². The number of aryl methyl sites for hydroxylation is 2. The third-order valence-corrected chi connectivity index (χ3v) is 5.59. The van der Waals surface area contributed by atoms with Crippen LogP contribution < -0.4 is 9.80 Å². The summed E-state index contributed by atoms with van der Waals surface area (Å²) in [6, 6.07) is 10.7. The quantitative estimate of drug-likeness (QED) is 0.727. The fourth-order valence-electron chi connectivity index (χ4n) is 3.83. The summed E-state index contributed by atoms with van der Waals surface area (Å²) < 4.78 is 0. The highest BCUT2D eigenvalue weighted by molar-refractivity contribution is 5.75. The monoisotopic (exact) mass is 346 g/mol. The first-order chi connectivity index (χ1) is 12.8. The zero-order valence-corrected chi connectivity index (χ0v) is 15.0. The number of likely N-dealkylation sites (N-methyl/N-ethyl adjacent to an activating group) is 1. The van der Waals surface area contributed by atoms with Crippen molar-refractivity contribution in [3.63, 3.8) is 0 Å². The van der Waals surface area contributed by atoms with Gasteiger partial charge >= 0.3 is 0 Å². The van der Waals surface area contributed by atoms with E-state index in [1.54, 1.807) is 0 Å². The molecule has 6 heteroatoms. The van der Waals surface area contributed by atoms with Gasteiger partial charge in [-0.15, -0.1) is 5.10 Å². The van der Waals surface area contributed by atoms with Crippen LogP contribution in [0.2, 0.25) is 0 Å². The van der Waals surface area contributed by atoms with E-state index in [1.807, 2.05) is 30.5 Å². The normalized spacial score (nSPS) is 17.0. The van der Waals surface area contributed by atoms with Gasteiger partial charge in [0.15, 0.2) is 5.82 Å². The zero-order valence-electron chi connectivity index (χ0n) is 15.0. The molecule has 1 aliphatic heterocycles. The molecule has 1 fully saturated rings. The molecule has 0 spiro atoms. The summed E-state index contributed by atoms with van der Waals surface area (Å²) >= 11 is 0. The highest BCUT2D eigenvalue weighted by atomic mass is 15.4. The third-order valence-electron chi connectivity index (χ3n) is 5.59. The molecular formula is C20H22N6. The predicted molar refractivity (Wildman–Crippen MR) is 103 cm³/mol. The van der Waals surface area contributed by atoms with Crippen molar-refractivity contribution in [1.29, 1.82) is 0 Å². The standard InChI is InChI=1S/C20H22N6/c1-25(20-11-21-17-8-4-5-9-18(17)22-20)15-12-26(13-15)19-10-14-6-2-3-7-16(14)23-24-19/h4-5,8-11,15H,2-3,6-7,12-13H2,1H3. The van der Waals surface area contributed by atoms with E-state index in [-0.39, 0.29) is 0 Å². The molecule has 0 bridgehead atoms. The first kappa shape index (κ1) is 15.5. The molecule has 3 aromatic rings. The number of benzene rings is 1. The van der Waals surface area contributed by atoms with Crippen molar-refractivity contribution in [2.24, 2.45) is 0 Å². The molecule has 26 heavy (non-hydrogen) atoms. The van der Waals surface area contributed by atoms with Crippen molar-refractivity contribution in [2.75, 3.05) is 29.9 Å². The summed E-state index contributed by atoms with van der Waals surface area (Å²) in [5, 5.41) is 8.91. The summed E-state index contributed by atoms with van der Waals surface area (Å²) in [4.78, 5) is 13.8. The van der Waals surface area contributed by atoms with E-state index in [4.69, 9.17) is 4.98 Å². The molecule has 1 saturated heterocycles. The lowest BCUT2D eigenvalue weighted by Gasteiger charge is -2.45. The van der Waals surface area contributed by atoms with Gasteiger partial charge in [-0.05, 0) is 49.4 Å². The van der Waals surface area contributed by atoms with Crippen LogP contribution in [-0.4, -0.2) is 46.3 Å². The maximum Gasteiger partial charge on any atom is 0.151 e. The summed E-state index contributed by atoms with van der Waals surface area (Å²) in [6.45, 7) is 1.89. The van der Waals surface area contributed by atoms with Crippen LogP contribution in [0.4, 0.5) is 11.6 Å². The van der Waals surface area contributed by atoms with Gasteiger partial charge in [0.25, 0.3) is 0 Å². The highest BCUT2D eigenvalue weighted by Gasteiger charge is 2.32. The lowest BCUT2D eigenvalue weighted by molar-refractivity contribution is 0.486. The zero-order chi connectivity index (χ0) is 17.5. The molecule has 1 aliphatic carbocycles. The molecule has 0 radical (unpaired) electrons. The summed E-state index contributed by atoms with van der Waals surface area (Å²) in [7, 11) is 2.10. The average Bonchev–Trinajstić information content (AvgIpc) is 2.66. The van der Waals surface area contributed by atoms with Gasteiger partial charge in [0.2, 0.25) is 0 Å². The molecule has 3 heterocycles. The van der Waals surface area contributed by atoms with E-state index in [9.17, 15) is 0 Å². The van der Waals surface area contributed by atoms with Crippen LogP contribution in [0, 0.1) is 0 Å². The van der Waals surface area contributed by atoms with Crippen LogP contribution in [0.3, 0.4) is 0 Å².